The summed E-state index contributed by atoms with van der Waals surface area (Å²) in [5.41, 5.74) is 5.93. The lowest BCUT2D eigenvalue weighted by molar-refractivity contribution is 0.313. The van der Waals surface area contributed by atoms with E-state index in [1.54, 1.807) is 0 Å². The van der Waals surface area contributed by atoms with Gasteiger partial charge in [0.05, 0.1) is 6.61 Å². The molecule has 0 unspecified atom stereocenters. The largest absolute Gasteiger partial charge is 0.494 e. The number of hydrogen-bond donors (Lipinski definition) is 1. The summed E-state index contributed by atoms with van der Waals surface area (Å²) < 4.78 is 5.79. The monoisotopic (exact) mass is 427 g/mol. The summed E-state index contributed by atoms with van der Waals surface area (Å²) >= 11 is 0. The topological polar surface area (TPSA) is 50.8 Å². The Balaban J connectivity index is 0.00000264. The molecule has 0 fully saturated rings. The predicted octanol–water partition coefficient (Wildman–Crippen LogP) is 3.88. The Bertz CT molecular complexity index is 626. The molecule has 0 radical (unpaired) electrons. The Morgan fingerprint density at radius 2 is 1.78 bits per heavy atom. The number of aliphatic imine (C=N–C) groups is 1. The van der Waals surface area contributed by atoms with E-state index in [0.29, 0.717) is 19.1 Å². The number of rotatable bonds is 7. The van der Waals surface area contributed by atoms with Crippen molar-refractivity contribution in [3.05, 3.63) is 42.5 Å². The number of benzene rings is 2. The molecule has 2 rings (SSSR count). The van der Waals surface area contributed by atoms with Crippen LogP contribution in [0.1, 0.15) is 20.3 Å². The van der Waals surface area contributed by atoms with Crippen molar-refractivity contribution in [2.75, 3.05) is 26.2 Å². The summed E-state index contributed by atoms with van der Waals surface area (Å²) in [5, 5.41) is 2.43. The molecule has 0 atom stereocenters. The van der Waals surface area contributed by atoms with E-state index < -0.39 is 0 Å². The minimum atomic E-state index is 0. The second-order valence-electron chi connectivity index (χ2n) is 5.12. The van der Waals surface area contributed by atoms with Crippen LogP contribution >= 0.6 is 24.0 Å². The first kappa shape index (κ1) is 19.5. The van der Waals surface area contributed by atoms with Crippen LogP contribution < -0.4 is 10.5 Å². The average molecular weight is 427 g/mol. The van der Waals surface area contributed by atoms with E-state index >= 15 is 0 Å². The molecule has 0 aliphatic heterocycles. The predicted molar refractivity (Wildman–Crippen MR) is 109 cm³/mol. The van der Waals surface area contributed by atoms with Gasteiger partial charge in [0.15, 0.2) is 5.96 Å². The number of hydrogen-bond acceptors (Lipinski definition) is 2. The highest BCUT2D eigenvalue weighted by atomic mass is 127. The van der Waals surface area contributed by atoms with Crippen molar-refractivity contribution in [1.29, 1.82) is 0 Å². The van der Waals surface area contributed by atoms with E-state index in [0.717, 1.165) is 25.3 Å². The lowest BCUT2D eigenvalue weighted by Gasteiger charge is -2.19. The third-order valence-electron chi connectivity index (χ3n) is 3.65. The zero-order valence-electron chi connectivity index (χ0n) is 13.9. The van der Waals surface area contributed by atoms with Gasteiger partial charge in [-0.25, -0.2) is 0 Å². The van der Waals surface area contributed by atoms with Gasteiger partial charge in [-0.1, -0.05) is 30.3 Å². The first-order chi connectivity index (χ1) is 10.7. The van der Waals surface area contributed by atoms with E-state index in [4.69, 9.17) is 10.5 Å². The van der Waals surface area contributed by atoms with Crippen molar-refractivity contribution in [2.24, 2.45) is 10.7 Å². The molecular weight excluding hydrogens is 401 g/mol. The Labute approximate surface area is 155 Å². The SMILES string of the molecule is CCN(CC)C(N)=NCCCOc1ccc2ccccc2c1.I. The first-order valence-electron chi connectivity index (χ1n) is 7.91. The number of nitrogens with zero attached hydrogens (tertiary/aromatic N) is 2. The Morgan fingerprint density at radius 1 is 1.09 bits per heavy atom. The minimum absolute atomic E-state index is 0. The van der Waals surface area contributed by atoms with Crippen LogP contribution in [0.3, 0.4) is 0 Å². The molecule has 0 heterocycles. The summed E-state index contributed by atoms with van der Waals surface area (Å²) in [4.78, 5) is 6.43. The zero-order chi connectivity index (χ0) is 15.8. The second-order valence-corrected chi connectivity index (χ2v) is 5.12. The molecule has 0 aliphatic rings. The van der Waals surface area contributed by atoms with Crippen molar-refractivity contribution in [3.63, 3.8) is 0 Å². The number of fused-ring (bicyclic) bond motifs is 1. The summed E-state index contributed by atoms with van der Waals surface area (Å²) in [6.07, 6.45) is 0.856. The molecule has 0 aliphatic carbocycles. The summed E-state index contributed by atoms with van der Waals surface area (Å²) in [6, 6.07) is 14.4. The van der Waals surface area contributed by atoms with Gasteiger partial charge in [0.1, 0.15) is 5.75 Å². The molecule has 0 amide bonds. The van der Waals surface area contributed by atoms with Gasteiger partial charge in [-0.15, -0.1) is 24.0 Å². The Hall–Kier alpha value is -1.50. The van der Waals surface area contributed by atoms with Crippen LogP contribution in [0, 0.1) is 0 Å². The molecule has 0 bridgehead atoms. The normalized spacial score (nSPS) is 11.1. The van der Waals surface area contributed by atoms with Gasteiger partial charge in [-0.2, -0.15) is 0 Å². The molecular formula is C18H26IN3O. The number of ether oxygens (including phenoxy) is 1. The van der Waals surface area contributed by atoms with Gasteiger partial charge in [-0.05, 0) is 36.8 Å². The molecule has 0 spiro atoms. The fraction of sp³-hybridized carbons (Fsp3) is 0.389. The summed E-state index contributed by atoms with van der Waals surface area (Å²) in [5.74, 6) is 1.52. The van der Waals surface area contributed by atoms with E-state index in [1.807, 2.05) is 23.1 Å². The Morgan fingerprint density at radius 3 is 2.48 bits per heavy atom. The van der Waals surface area contributed by atoms with E-state index in [-0.39, 0.29) is 24.0 Å². The molecule has 5 heteroatoms. The molecule has 126 valence electrons. The summed E-state index contributed by atoms with van der Waals surface area (Å²) in [6.45, 7) is 7.27. The Kier molecular flexibility index (Phi) is 8.76. The highest BCUT2D eigenvalue weighted by molar-refractivity contribution is 14.0. The van der Waals surface area contributed by atoms with Crippen molar-refractivity contribution < 1.29 is 4.74 Å². The van der Waals surface area contributed by atoms with Gasteiger partial charge in [-0.3, -0.25) is 4.99 Å². The fourth-order valence-electron chi connectivity index (χ4n) is 2.35. The maximum absolute atomic E-state index is 5.93. The third-order valence-corrected chi connectivity index (χ3v) is 3.65. The third kappa shape index (κ3) is 5.89. The highest BCUT2D eigenvalue weighted by Crippen LogP contribution is 2.20. The molecule has 2 aromatic rings. The van der Waals surface area contributed by atoms with Crippen LogP contribution in [0.15, 0.2) is 47.5 Å². The molecule has 0 saturated carbocycles. The second kappa shape index (κ2) is 10.3. The van der Waals surface area contributed by atoms with Crippen LogP contribution in [0.4, 0.5) is 0 Å². The van der Waals surface area contributed by atoms with Gasteiger partial charge >= 0.3 is 0 Å². The van der Waals surface area contributed by atoms with Gasteiger partial charge in [0, 0.05) is 26.1 Å². The highest BCUT2D eigenvalue weighted by Gasteiger charge is 2.01. The molecule has 0 aromatic heterocycles. The molecule has 4 nitrogen and oxygen atoms in total. The van der Waals surface area contributed by atoms with Crippen molar-refractivity contribution >= 4 is 40.7 Å². The van der Waals surface area contributed by atoms with Crippen molar-refractivity contribution in [3.8, 4) is 5.75 Å². The van der Waals surface area contributed by atoms with Crippen molar-refractivity contribution in [2.45, 2.75) is 20.3 Å². The number of guanidine groups is 1. The molecule has 23 heavy (non-hydrogen) atoms. The van der Waals surface area contributed by atoms with Crippen molar-refractivity contribution in [1.82, 2.24) is 4.90 Å². The molecule has 2 aromatic carbocycles. The maximum Gasteiger partial charge on any atom is 0.191 e. The molecule has 2 N–H and O–H groups in total. The average Bonchev–Trinajstić information content (AvgIpc) is 2.55. The van der Waals surface area contributed by atoms with E-state index in [2.05, 4.69) is 43.1 Å². The lowest BCUT2D eigenvalue weighted by atomic mass is 10.1. The van der Waals surface area contributed by atoms with Crippen LogP contribution in [-0.2, 0) is 0 Å². The van der Waals surface area contributed by atoms with E-state index in [1.165, 1.54) is 10.8 Å². The van der Waals surface area contributed by atoms with Crippen LogP contribution in [-0.4, -0.2) is 37.1 Å². The minimum Gasteiger partial charge on any atom is -0.494 e. The van der Waals surface area contributed by atoms with Crippen LogP contribution in [0.25, 0.3) is 10.8 Å². The fourth-order valence-corrected chi connectivity index (χ4v) is 2.35. The first-order valence-corrected chi connectivity index (χ1v) is 7.91. The summed E-state index contributed by atoms with van der Waals surface area (Å²) in [7, 11) is 0. The number of halogens is 1. The lowest BCUT2D eigenvalue weighted by Crippen LogP contribution is -2.37. The van der Waals surface area contributed by atoms with E-state index in [9.17, 15) is 0 Å². The van der Waals surface area contributed by atoms with Crippen LogP contribution in [0.2, 0.25) is 0 Å². The quantitative estimate of drug-likeness (QED) is 0.316. The van der Waals surface area contributed by atoms with Gasteiger partial charge in [0.25, 0.3) is 0 Å². The molecule has 0 saturated heterocycles. The van der Waals surface area contributed by atoms with Gasteiger partial charge in [0.2, 0.25) is 0 Å². The smallest absolute Gasteiger partial charge is 0.191 e. The number of nitrogens with two attached hydrogens (primary N) is 1. The maximum atomic E-state index is 5.93. The zero-order valence-corrected chi connectivity index (χ0v) is 16.2. The van der Waals surface area contributed by atoms with Gasteiger partial charge < -0.3 is 15.4 Å². The standard InChI is InChI=1S/C18H25N3O.HI/c1-3-21(4-2)18(19)20-12-7-13-22-17-11-10-15-8-5-6-9-16(15)14-17;/h5-6,8-11,14H,3-4,7,12-13H2,1-2H3,(H2,19,20);1H. The van der Waals surface area contributed by atoms with Crippen LogP contribution in [0.5, 0.6) is 5.75 Å².